The molecule has 0 saturated heterocycles. The number of amides is 1. The zero-order valence-electron chi connectivity index (χ0n) is 9.66. The summed E-state index contributed by atoms with van der Waals surface area (Å²) in [5.41, 5.74) is 2.74. The fourth-order valence-corrected chi connectivity index (χ4v) is 1.22. The van der Waals surface area contributed by atoms with Gasteiger partial charge in [0, 0.05) is 12.2 Å². The van der Waals surface area contributed by atoms with Gasteiger partial charge in [-0.05, 0) is 18.4 Å². The summed E-state index contributed by atoms with van der Waals surface area (Å²) in [6.07, 6.45) is 2.45. The van der Waals surface area contributed by atoms with Crippen molar-refractivity contribution in [2.45, 2.75) is 26.9 Å². The molecule has 1 amide bonds. The van der Waals surface area contributed by atoms with Gasteiger partial charge >= 0.3 is 5.91 Å². The topological polar surface area (TPSA) is 77.5 Å². The molecule has 3 N–H and O–H groups in total. The van der Waals surface area contributed by atoms with Gasteiger partial charge in [-0.1, -0.05) is 13.8 Å². The van der Waals surface area contributed by atoms with Crippen LogP contribution < -0.4 is 11.3 Å². The number of hydrogen-bond donors (Lipinski definition) is 2. The maximum atomic E-state index is 11.3. The first-order valence-electron chi connectivity index (χ1n) is 5.30. The Bertz CT molecular complexity index is 334. The Morgan fingerprint density at radius 2 is 2.38 bits per heavy atom. The van der Waals surface area contributed by atoms with Crippen LogP contribution in [0, 0.1) is 5.92 Å². The molecule has 0 atom stereocenters. The fraction of sp³-hybridized carbons (Fsp3) is 0.545. The fourth-order valence-electron chi connectivity index (χ4n) is 1.22. The molecule has 90 valence electrons. The maximum absolute atomic E-state index is 11.3. The second-order valence-corrected chi connectivity index (χ2v) is 3.98. The third-order valence-electron chi connectivity index (χ3n) is 2.18. The van der Waals surface area contributed by atoms with Crippen molar-refractivity contribution in [2.75, 3.05) is 6.61 Å². The van der Waals surface area contributed by atoms with Crippen molar-refractivity contribution in [2.24, 2.45) is 11.8 Å². The van der Waals surface area contributed by atoms with Gasteiger partial charge in [0.15, 0.2) is 5.76 Å². The summed E-state index contributed by atoms with van der Waals surface area (Å²) in [5.74, 6) is 5.41. The smallest absolute Gasteiger partial charge is 0.301 e. The Labute approximate surface area is 94.9 Å². The van der Waals surface area contributed by atoms with Crippen LogP contribution in [0.2, 0.25) is 0 Å². The van der Waals surface area contributed by atoms with E-state index in [1.807, 2.05) is 5.43 Å². The van der Waals surface area contributed by atoms with Crippen LogP contribution in [0.1, 0.15) is 36.4 Å². The predicted molar refractivity (Wildman–Crippen MR) is 59.5 cm³/mol. The standard InChI is InChI=1S/C11H18N2O3/c1-8(2)3-5-15-7-9-4-6-16-10(9)11(14)13-12/h4,6,8H,3,5,7,12H2,1-2H3,(H,13,14). The molecule has 1 aromatic heterocycles. The van der Waals surface area contributed by atoms with Gasteiger partial charge in [0.25, 0.3) is 0 Å². The maximum Gasteiger partial charge on any atom is 0.301 e. The summed E-state index contributed by atoms with van der Waals surface area (Å²) in [6.45, 7) is 5.31. The number of ether oxygens (including phenoxy) is 1. The van der Waals surface area contributed by atoms with Crippen molar-refractivity contribution in [3.8, 4) is 0 Å². The number of hydrazine groups is 1. The predicted octanol–water partition coefficient (Wildman–Crippen LogP) is 1.45. The van der Waals surface area contributed by atoms with Gasteiger partial charge in [0.2, 0.25) is 0 Å². The van der Waals surface area contributed by atoms with E-state index in [0.717, 1.165) is 6.42 Å². The van der Waals surface area contributed by atoms with Crippen molar-refractivity contribution in [3.05, 3.63) is 23.7 Å². The molecule has 0 aliphatic rings. The molecule has 5 nitrogen and oxygen atoms in total. The lowest BCUT2D eigenvalue weighted by molar-refractivity contribution is 0.0901. The van der Waals surface area contributed by atoms with Gasteiger partial charge in [-0.3, -0.25) is 10.2 Å². The highest BCUT2D eigenvalue weighted by molar-refractivity contribution is 5.92. The van der Waals surface area contributed by atoms with Gasteiger partial charge in [-0.25, -0.2) is 5.84 Å². The van der Waals surface area contributed by atoms with Gasteiger partial charge in [-0.2, -0.15) is 0 Å². The van der Waals surface area contributed by atoms with E-state index >= 15 is 0 Å². The third kappa shape index (κ3) is 3.67. The van der Waals surface area contributed by atoms with Crippen molar-refractivity contribution in [1.82, 2.24) is 5.43 Å². The average Bonchev–Trinajstić information content (AvgIpc) is 2.71. The number of nitrogens with two attached hydrogens (primary N) is 1. The molecule has 16 heavy (non-hydrogen) atoms. The SMILES string of the molecule is CC(C)CCOCc1ccoc1C(=O)NN. The number of hydrogen-bond acceptors (Lipinski definition) is 4. The molecule has 0 saturated carbocycles. The number of carbonyl (C=O) groups is 1. The number of carbonyl (C=O) groups excluding carboxylic acids is 1. The lowest BCUT2D eigenvalue weighted by Crippen LogP contribution is -2.30. The summed E-state index contributed by atoms with van der Waals surface area (Å²) in [6, 6.07) is 1.71. The number of furan rings is 1. The van der Waals surface area contributed by atoms with E-state index in [1.165, 1.54) is 6.26 Å². The van der Waals surface area contributed by atoms with Crippen molar-refractivity contribution in [3.63, 3.8) is 0 Å². The second kappa shape index (κ2) is 6.30. The number of nitrogens with one attached hydrogen (secondary N) is 1. The Morgan fingerprint density at radius 3 is 3.00 bits per heavy atom. The molecule has 0 radical (unpaired) electrons. The summed E-state index contributed by atoms with van der Waals surface area (Å²) < 4.78 is 10.5. The first kappa shape index (κ1) is 12.7. The minimum Gasteiger partial charge on any atom is -0.459 e. The van der Waals surface area contributed by atoms with Crippen LogP contribution in [0.15, 0.2) is 16.7 Å². The van der Waals surface area contributed by atoms with Gasteiger partial charge in [-0.15, -0.1) is 0 Å². The molecule has 0 bridgehead atoms. The second-order valence-electron chi connectivity index (χ2n) is 3.98. The Morgan fingerprint density at radius 1 is 1.62 bits per heavy atom. The molecule has 0 fully saturated rings. The molecule has 1 heterocycles. The lowest BCUT2D eigenvalue weighted by atomic mass is 10.1. The monoisotopic (exact) mass is 226 g/mol. The van der Waals surface area contributed by atoms with Crippen LogP contribution in [0.4, 0.5) is 0 Å². The normalized spacial score (nSPS) is 10.8. The van der Waals surface area contributed by atoms with Crippen LogP contribution in [0.3, 0.4) is 0 Å². The van der Waals surface area contributed by atoms with E-state index in [-0.39, 0.29) is 5.76 Å². The first-order valence-corrected chi connectivity index (χ1v) is 5.30. The highest BCUT2D eigenvalue weighted by Gasteiger charge is 2.13. The van der Waals surface area contributed by atoms with Crippen molar-refractivity contribution < 1.29 is 13.9 Å². The van der Waals surface area contributed by atoms with Gasteiger partial charge < -0.3 is 9.15 Å². The molecule has 0 unspecified atom stereocenters. The summed E-state index contributed by atoms with van der Waals surface area (Å²) in [7, 11) is 0. The molecule has 0 aliphatic heterocycles. The van der Waals surface area contributed by atoms with E-state index in [0.29, 0.717) is 24.7 Å². The molecule has 0 spiro atoms. The molecule has 0 aromatic carbocycles. The quantitative estimate of drug-likeness (QED) is 0.333. The first-order chi connectivity index (χ1) is 7.65. The van der Waals surface area contributed by atoms with E-state index in [9.17, 15) is 4.79 Å². The number of nitrogen functional groups attached to an aromatic ring is 1. The van der Waals surface area contributed by atoms with Gasteiger partial charge in [0.1, 0.15) is 0 Å². The van der Waals surface area contributed by atoms with E-state index in [2.05, 4.69) is 13.8 Å². The van der Waals surface area contributed by atoms with E-state index in [1.54, 1.807) is 6.07 Å². The molecular weight excluding hydrogens is 208 g/mol. The third-order valence-corrected chi connectivity index (χ3v) is 2.18. The van der Waals surface area contributed by atoms with Crippen LogP contribution in [0.25, 0.3) is 0 Å². The average molecular weight is 226 g/mol. The van der Waals surface area contributed by atoms with Crippen LogP contribution in [0.5, 0.6) is 0 Å². The van der Waals surface area contributed by atoms with E-state index in [4.69, 9.17) is 15.0 Å². The zero-order chi connectivity index (χ0) is 12.0. The zero-order valence-corrected chi connectivity index (χ0v) is 9.66. The van der Waals surface area contributed by atoms with Crippen molar-refractivity contribution >= 4 is 5.91 Å². The molecule has 0 aliphatic carbocycles. The molecular formula is C11H18N2O3. The van der Waals surface area contributed by atoms with Crippen molar-refractivity contribution in [1.29, 1.82) is 0 Å². The molecule has 1 aromatic rings. The Kier molecular flexibility index (Phi) is 5.01. The summed E-state index contributed by atoms with van der Waals surface area (Å²) in [4.78, 5) is 11.3. The summed E-state index contributed by atoms with van der Waals surface area (Å²) in [5, 5.41) is 0. The van der Waals surface area contributed by atoms with Crippen LogP contribution in [-0.4, -0.2) is 12.5 Å². The Balaban J connectivity index is 2.42. The minimum atomic E-state index is -0.438. The van der Waals surface area contributed by atoms with Crippen LogP contribution >= 0.6 is 0 Å². The Hall–Kier alpha value is -1.33. The van der Waals surface area contributed by atoms with E-state index < -0.39 is 5.91 Å². The number of rotatable bonds is 6. The minimum absolute atomic E-state index is 0.215. The summed E-state index contributed by atoms with van der Waals surface area (Å²) >= 11 is 0. The molecule has 5 heteroatoms. The highest BCUT2D eigenvalue weighted by Crippen LogP contribution is 2.12. The molecule has 1 rings (SSSR count). The largest absolute Gasteiger partial charge is 0.459 e. The lowest BCUT2D eigenvalue weighted by Gasteiger charge is -2.06. The highest BCUT2D eigenvalue weighted by atomic mass is 16.5. The van der Waals surface area contributed by atoms with Gasteiger partial charge in [0.05, 0.1) is 12.9 Å². The van der Waals surface area contributed by atoms with Crippen LogP contribution in [-0.2, 0) is 11.3 Å².